The quantitative estimate of drug-likeness (QED) is 0.540. The molecule has 60 valence electrons. The summed E-state index contributed by atoms with van der Waals surface area (Å²) in [6, 6.07) is 0. The standard InChI is InChI=1S/C9H19N/c1-8(2)9-5-4-6-10(3)7-9/h8-9H,4-7H2,1-3H3/t9-/m1/s1. The Morgan fingerprint density at radius 3 is 2.50 bits per heavy atom. The Balaban J connectivity index is 2.32. The van der Waals surface area contributed by atoms with E-state index in [0.29, 0.717) is 0 Å². The van der Waals surface area contributed by atoms with E-state index in [-0.39, 0.29) is 0 Å². The third-order valence-corrected chi connectivity index (χ3v) is 2.60. The second-order valence-electron chi connectivity index (χ2n) is 3.91. The number of nitrogens with zero attached hydrogens (tertiary/aromatic N) is 1. The summed E-state index contributed by atoms with van der Waals surface area (Å²) >= 11 is 0. The Morgan fingerprint density at radius 1 is 1.40 bits per heavy atom. The van der Waals surface area contributed by atoms with E-state index < -0.39 is 0 Å². The van der Waals surface area contributed by atoms with Gasteiger partial charge in [-0.25, -0.2) is 0 Å². The lowest BCUT2D eigenvalue weighted by atomic mass is 9.88. The Hall–Kier alpha value is -0.0400. The summed E-state index contributed by atoms with van der Waals surface area (Å²) in [5, 5.41) is 0. The van der Waals surface area contributed by atoms with Crippen molar-refractivity contribution in [2.24, 2.45) is 11.8 Å². The van der Waals surface area contributed by atoms with E-state index in [1.54, 1.807) is 0 Å². The molecule has 0 aromatic rings. The second kappa shape index (κ2) is 3.38. The van der Waals surface area contributed by atoms with Gasteiger partial charge in [-0.05, 0) is 38.3 Å². The molecule has 1 saturated heterocycles. The number of piperidine rings is 1. The SMILES string of the molecule is CC(C)[C@@H]1CCCN(C)C1. The molecule has 0 radical (unpaired) electrons. The molecular formula is C9H19N. The van der Waals surface area contributed by atoms with Crippen LogP contribution in [0.4, 0.5) is 0 Å². The van der Waals surface area contributed by atoms with Crippen molar-refractivity contribution in [3.05, 3.63) is 0 Å². The fourth-order valence-corrected chi connectivity index (χ4v) is 1.75. The smallest absolute Gasteiger partial charge is 0.000906 e. The van der Waals surface area contributed by atoms with Crippen LogP contribution in [0.5, 0.6) is 0 Å². The van der Waals surface area contributed by atoms with Crippen molar-refractivity contribution in [3.8, 4) is 0 Å². The van der Waals surface area contributed by atoms with Gasteiger partial charge < -0.3 is 4.90 Å². The van der Waals surface area contributed by atoms with Crippen LogP contribution in [0.25, 0.3) is 0 Å². The van der Waals surface area contributed by atoms with Crippen LogP contribution >= 0.6 is 0 Å². The molecule has 1 heteroatoms. The number of rotatable bonds is 1. The maximum Gasteiger partial charge on any atom is 0.000906 e. The van der Waals surface area contributed by atoms with Crippen LogP contribution in [0, 0.1) is 11.8 Å². The van der Waals surface area contributed by atoms with Gasteiger partial charge in [0.15, 0.2) is 0 Å². The first-order valence-corrected chi connectivity index (χ1v) is 4.38. The minimum absolute atomic E-state index is 0.878. The lowest BCUT2D eigenvalue weighted by molar-refractivity contribution is 0.173. The van der Waals surface area contributed by atoms with Crippen molar-refractivity contribution in [1.82, 2.24) is 4.90 Å². The minimum Gasteiger partial charge on any atom is -0.306 e. The predicted molar refractivity (Wildman–Crippen MR) is 45.1 cm³/mol. The molecule has 1 nitrogen and oxygen atoms in total. The van der Waals surface area contributed by atoms with Crippen LogP contribution in [0.1, 0.15) is 26.7 Å². The third kappa shape index (κ3) is 1.98. The minimum atomic E-state index is 0.878. The summed E-state index contributed by atoms with van der Waals surface area (Å²) in [7, 11) is 2.23. The topological polar surface area (TPSA) is 3.24 Å². The molecule has 1 aliphatic heterocycles. The Bertz CT molecular complexity index is 98.9. The zero-order chi connectivity index (χ0) is 7.56. The van der Waals surface area contributed by atoms with Gasteiger partial charge in [-0.2, -0.15) is 0 Å². The molecule has 0 aromatic heterocycles. The van der Waals surface area contributed by atoms with Gasteiger partial charge in [-0.3, -0.25) is 0 Å². The molecule has 0 N–H and O–H groups in total. The number of likely N-dealkylation sites (tertiary alicyclic amines) is 1. The van der Waals surface area contributed by atoms with E-state index in [9.17, 15) is 0 Å². The van der Waals surface area contributed by atoms with E-state index in [0.717, 1.165) is 11.8 Å². The highest BCUT2D eigenvalue weighted by molar-refractivity contribution is 4.72. The van der Waals surface area contributed by atoms with Crippen molar-refractivity contribution in [2.75, 3.05) is 20.1 Å². The second-order valence-corrected chi connectivity index (χ2v) is 3.91. The lowest BCUT2D eigenvalue weighted by Crippen LogP contribution is -2.34. The summed E-state index contributed by atoms with van der Waals surface area (Å²) < 4.78 is 0. The highest BCUT2D eigenvalue weighted by Gasteiger charge is 2.19. The molecule has 10 heavy (non-hydrogen) atoms. The maximum absolute atomic E-state index is 2.45. The van der Waals surface area contributed by atoms with Gasteiger partial charge in [0.05, 0.1) is 0 Å². The molecule has 0 bridgehead atoms. The molecule has 0 aliphatic carbocycles. The molecule has 0 aromatic carbocycles. The Kier molecular flexibility index (Phi) is 2.72. The largest absolute Gasteiger partial charge is 0.306 e. The molecule has 0 amide bonds. The van der Waals surface area contributed by atoms with Crippen LogP contribution < -0.4 is 0 Å². The zero-order valence-electron chi connectivity index (χ0n) is 7.43. The summed E-state index contributed by atoms with van der Waals surface area (Å²) in [4.78, 5) is 2.45. The molecule has 1 aliphatic rings. The van der Waals surface area contributed by atoms with E-state index in [1.807, 2.05) is 0 Å². The van der Waals surface area contributed by atoms with Gasteiger partial charge in [0, 0.05) is 6.54 Å². The molecule has 1 heterocycles. The lowest BCUT2D eigenvalue weighted by Gasteiger charge is -2.31. The average molecular weight is 141 g/mol. The Labute approximate surface area is 64.4 Å². The first-order valence-electron chi connectivity index (χ1n) is 4.38. The van der Waals surface area contributed by atoms with Gasteiger partial charge >= 0.3 is 0 Å². The van der Waals surface area contributed by atoms with Gasteiger partial charge in [0.2, 0.25) is 0 Å². The van der Waals surface area contributed by atoms with Gasteiger partial charge in [-0.15, -0.1) is 0 Å². The van der Waals surface area contributed by atoms with Gasteiger partial charge in [-0.1, -0.05) is 13.8 Å². The van der Waals surface area contributed by atoms with Crippen molar-refractivity contribution in [3.63, 3.8) is 0 Å². The fourth-order valence-electron chi connectivity index (χ4n) is 1.75. The third-order valence-electron chi connectivity index (χ3n) is 2.60. The predicted octanol–water partition coefficient (Wildman–Crippen LogP) is 1.98. The number of hydrogen-bond acceptors (Lipinski definition) is 1. The van der Waals surface area contributed by atoms with Gasteiger partial charge in [0.1, 0.15) is 0 Å². The molecule has 1 atom stereocenters. The molecule has 0 saturated carbocycles. The Morgan fingerprint density at radius 2 is 2.10 bits per heavy atom. The van der Waals surface area contributed by atoms with Crippen LogP contribution in [-0.2, 0) is 0 Å². The molecule has 0 unspecified atom stereocenters. The highest BCUT2D eigenvalue weighted by Crippen LogP contribution is 2.21. The van der Waals surface area contributed by atoms with E-state index in [1.165, 1.54) is 25.9 Å². The van der Waals surface area contributed by atoms with Crippen molar-refractivity contribution >= 4 is 0 Å². The van der Waals surface area contributed by atoms with E-state index in [4.69, 9.17) is 0 Å². The monoisotopic (exact) mass is 141 g/mol. The van der Waals surface area contributed by atoms with Crippen LogP contribution in [0.3, 0.4) is 0 Å². The van der Waals surface area contributed by atoms with Crippen LogP contribution in [0.2, 0.25) is 0 Å². The summed E-state index contributed by atoms with van der Waals surface area (Å²) in [6.45, 7) is 7.30. The first-order chi connectivity index (χ1) is 4.70. The molecular weight excluding hydrogens is 122 g/mol. The maximum atomic E-state index is 2.45. The van der Waals surface area contributed by atoms with E-state index in [2.05, 4.69) is 25.8 Å². The summed E-state index contributed by atoms with van der Waals surface area (Å²) in [6.07, 6.45) is 2.85. The molecule has 1 fully saturated rings. The average Bonchev–Trinajstić information content (AvgIpc) is 1.88. The van der Waals surface area contributed by atoms with E-state index >= 15 is 0 Å². The highest BCUT2D eigenvalue weighted by atomic mass is 15.1. The molecule has 1 rings (SSSR count). The first kappa shape index (κ1) is 8.06. The van der Waals surface area contributed by atoms with Crippen molar-refractivity contribution < 1.29 is 0 Å². The summed E-state index contributed by atoms with van der Waals surface area (Å²) in [5.41, 5.74) is 0. The van der Waals surface area contributed by atoms with Crippen molar-refractivity contribution in [2.45, 2.75) is 26.7 Å². The van der Waals surface area contributed by atoms with Crippen LogP contribution in [0.15, 0.2) is 0 Å². The zero-order valence-corrected chi connectivity index (χ0v) is 7.43. The normalized spacial score (nSPS) is 29.4. The molecule has 0 spiro atoms. The van der Waals surface area contributed by atoms with Gasteiger partial charge in [0.25, 0.3) is 0 Å². The fraction of sp³-hybridized carbons (Fsp3) is 1.00. The van der Waals surface area contributed by atoms with Crippen molar-refractivity contribution in [1.29, 1.82) is 0 Å². The van der Waals surface area contributed by atoms with Crippen LogP contribution in [-0.4, -0.2) is 25.0 Å². The summed E-state index contributed by atoms with van der Waals surface area (Å²) in [5.74, 6) is 1.83. The number of hydrogen-bond donors (Lipinski definition) is 0.